The minimum atomic E-state index is -1.52. The van der Waals surface area contributed by atoms with Gasteiger partial charge in [0.2, 0.25) is 0 Å². The van der Waals surface area contributed by atoms with Gasteiger partial charge in [0, 0.05) is 0 Å². The fourth-order valence-electron chi connectivity index (χ4n) is 0.834. The van der Waals surface area contributed by atoms with E-state index in [2.05, 4.69) is 31.0 Å². The Bertz CT molecular complexity index is 184. The molecule has 0 aliphatic carbocycles. The summed E-state index contributed by atoms with van der Waals surface area (Å²) in [6, 6.07) is 0. The Balaban J connectivity index is 4.14. The molecular formula is C9H18O3Si. The number of carbonyl (C=O) groups excluding carboxylic acids is 1. The molecule has 0 aliphatic heterocycles. The standard InChI is InChI=1S/C9H18O3Si/c1-6-8(13(3,4)5)12-9(10)11-7-2/h6,8H,1,7H2,2-5H3. The summed E-state index contributed by atoms with van der Waals surface area (Å²) in [7, 11) is -1.52. The molecule has 4 heteroatoms. The van der Waals surface area contributed by atoms with Crippen molar-refractivity contribution in [3.8, 4) is 0 Å². The summed E-state index contributed by atoms with van der Waals surface area (Å²) >= 11 is 0. The molecule has 0 saturated heterocycles. The van der Waals surface area contributed by atoms with E-state index in [1.54, 1.807) is 13.0 Å². The van der Waals surface area contributed by atoms with Gasteiger partial charge in [-0.3, -0.25) is 0 Å². The fraction of sp³-hybridized carbons (Fsp3) is 0.667. The summed E-state index contributed by atoms with van der Waals surface area (Å²) < 4.78 is 9.77. The van der Waals surface area contributed by atoms with Gasteiger partial charge < -0.3 is 9.47 Å². The summed E-state index contributed by atoms with van der Waals surface area (Å²) in [5, 5.41) is 0. The SMILES string of the molecule is C=CC(OC(=O)OCC)[Si](C)(C)C. The molecule has 3 nitrogen and oxygen atoms in total. The predicted octanol–water partition coefficient (Wildman–Crippen LogP) is 2.59. The number of carbonyl (C=O) groups is 1. The van der Waals surface area contributed by atoms with E-state index in [1.165, 1.54) is 0 Å². The van der Waals surface area contributed by atoms with E-state index < -0.39 is 14.2 Å². The minimum absolute atomic E-state index is 0.174. The molecule has 0 aromatic heterocycles. The van der Waals surface area contributed by atoms with Crippen molar-refractivity contribution in [2.24, 2.45) is 0 Å². The fourth-order valence-corrected chi connectivity index (χ4v) is 1.99. The summed E-state index contributed by atoms with van der Waals surface area (Å²) in [5.41, 5.74) is -0.174. The number of ether oxygens (including phenoxy) is 2. The summed E-state index contributed by atoms with van der Waals surface area (Å²) in [6.45, 7) is 12.1. The van der Waals surface area contributed by atoms with Crippen LogP contribution in [0.4, 0.5) is 4.79 Å². The highest BCUT2D eigenvalue weighted by Crippen LogP contribution is 2.13. The maximum Gasteiger partial charge on any atom is 0.508 e. The van der Waals surface area contributed by atoms with Crippen LogP contribution in [0.5, 0.6) is 0 Å². The smallest absolute Gasteiger partial charge is 0.435 e. The zero-order valence-electron chi connectivity index (χ0n) is 8.79. The second-order valence-corrected chi connectivity index (χ2v) is 9.12. The Kier molecular flexibility index (Phi) is 4.76. The van der Waals surface area contributed by atoms with E-state index in [-0.39, 0.29) is 5.73 Å². The topological polar surface area (TPSA) is 35.5 Å². The highest BCUT2D eigenvalue weighted by atomic mass is 28.3. The Morgan fingerprint density at radius 1 is 1.54 bits per heavy atom. The molecule has 0 fully saturated rings. The monoisotopic (exact) mass is 202 g/mol. The van der Waals surface area contributed by atoms with Crippen molar-refractivity contribution >= 4 is 14.2 Å². The van der Waals surface area contributed by atoms with E-state index in [4.69, 9.17) is 4.74 Å². The molecule has 0 heterocycles. The van der Waals surface area contributed by atoms with Gasteiger partial charge in [0.05, 0.1) is 14.7 Å². The lowest BCUT2D eigenvalue weighted by molar-refractivity contribution is 0.0565. The van der Waals surface area contributed by atoms with Gasteiger partial charge in [-0.15, -0.1) is 0 Å². The zero-order valence-corrected chi connectivity index (χ0v) is 9.79. The molecule has 0 N–H and O–H groups in total. The van der Waals surface area contributed by atoms with Gasteiger partial charge in [0.15, 0.2) is 0 Å². The van der Waals surface area contributed by atoms with Crippen LogP contribution in [0.25, 0.3) is 0 Å². The lowest BCUT2D eigenvalue weighted by Crippen LogP contribution is -2.40. The molecule has 0 spiro atoms. The molecule has 0 aromatic carbocycles. The third-order valence-electron chi connectivity index (χ3n) is 1.55. The number of hydrogen-bond acceptors (Lipinski definition) is 3. The van der Waals surface area contributed by atoms with Crippen LogP contribution < -0.4 is 0 Å². The van der Waals surface area contributed by atoms with Crippen LogP contribution in [0.1, 0.15) is 6.92 Å². The summed E-state index contributed by atoms with van der Waals surface area (Å²) in [6.07, 6.45) is 1.07. The van der Waals surface area contributed by atoms with Crippen LogP contribution in [0.3, 0.4) is 0 Å². The molecule has 0 rings (SSSR count). The van der Waals surface area contributed by atoms with Crippen LogP contribution >= 0.6 is 0 Å². The molecule has 0 aromatic rings. The van der Waals surface area contributed by atoms with Crippen molar-refractivity contribution < 1.29 is 14.3 Å². The third kappa shape index (κ3) is 4.72. The van der Waals surface area contributed by atoms with E-state index in [0.29, 0.717) is 6.61 Å². The quantitative estimate of drug-likeness (QED) is 0.399. The maximum absolute atomic E-state index is 11.0. The summed E-state index contributed by atoms with van der Waals surface area (Å²) in [4.78, 5) is 11.0. The molecule has 0 aliphatic rings. The van der Waals surface area contributed by atoms with Gasteiger partial charge in [0.25, 0.3) is 0 Å². The average molecular weight is 202 g/mol. The van der Waals surface area contributed by atoms with Gasteiger partial charge in [-0.05, 0) is 6.92 Å². The van der Waals surface area contributed by atoms with Crippen LogP contribution in [-0.2, 0) is 9.47 Å². The average Bonchev–Trinajstić information content (AvgIpc) is 1.98. The molecule has 1 atom stereocenters. The second-order valence-electron chi connectivity index (χ2n) is 3.82. The van der Waals surface area contributed by atoms with Crippen molar-refractivity contribution in [1.82, 2.24) is 0 Å². The number of rotatable bonds is 4. The predicted molar refractivity (Wildman–Crippen MR) is 55.4 cm³/mol. The molecule has 1 unspecified atom stereocenters. The van der Waals surface area contributed by atoms with E-state index in [1.807, 2.05) is 0 Å². The molecule has 0 amide bonds. The molecule has 76 valence electrons. The van der Waals surface area contributed by atoms with Crippen LogP contribution in [0.15, 0.2) is 12.7 Å². The third-order valence-corrected chi connectivity index (χ3v) is 3.61. The van der Waals surface area contributed by atoms with Crippen LogP contribution in [0, 0.1) is 0 Å². The first-order valence-electron chi connectivity index (χ1n) is 4.37. The summed E-state index contributed by atoms with van der Waals surface area (Å²) in [5.74, 6) is 0. The highest BCUT2D eigenvalue weighted by molar-refractivity contribution is 6.77. The van der Waals surface area contributed by atoms with E-state index in [0.717, 1.165) is 0 Å². The largest absolute Gasteiger partial charge is 0.508 e. The minimum Gasteiger partial charge on any atom is -0.435 e. The van der Waals surface area contributed by atoms with E-state index >= 15 is 0 Å². The van der Waals surface area contributed by atoms with Gasteiger partial charge in [-0.2, -0.15) is 0 Å². The number of hydrogen-bond donors (Lipinski definition) is 0. The Labute approximate surface area is 80.7 Å². The molecule has 0 bridgehead atoms. The van der Waals surface area contributed by atoms with Crippen LogP contribution in [-0.4, -0.2) is 26.6 Å². The molecule has 0 radical (unpaired) electrons. The van der Waals surface area contributed by atoms with Crippen molar-refractivity contribution in [3.05, 3.63) is 12.7 Å². The van der Waals surface area contributed by atoms with Crippen molar-refractivity contribution in [1.29, 1.82) is 0 Å². The second kappa shape index (κ2) is 5.06. The normalized spacial score (nSPS) is 13.2. The molecule has 13 heavy (non-hydrogen) atoms. The first kappa shape index (κ1) is 12.2. The van der Waals surface area contributed by atoms with E-state index in [9.17, 15) is 4.79 Å². The van der Waals surface area contributed by atoms with Gasteiger partial charge in [-0.25, -0.2) is 4.79 Å². The lowest BCUT2D eigenvalue weighted by Gasteiger charge is -2.24. The zero-order chi connectivity index (χ0) is 10.5. The lowest BCUT2D eigenvalue weighted by atomic mass is 10.7. The molecule has 0 saturated carbocycles. The van der Waals surface area contributed by atoms with Crippen molar-refractivity contribution in [2.45, 2.75) is 32.3 Å². The van der Waals surface area contributed by atoms with Crippen molar-refractivity contribution in [3.63, 3.8) is 0 Å². The Morgan fingerprint density at radius 2 is 2.08 bits per heavy atom. The molecular weight excluding hydrogens is 184 g/mol. The first-order valence-corrected chi connectivity index (χ1v) is 7.95. The van der Waals surface area contributed by atoms with Gasteiger partial charge in [0.1, 0.15) is 5.73 Å². The maximum atomic E-state index is 11.0. The highest BCUT2D eigenvalue weighted by Gasteiger charge is 2.28. The van der Waals surface area contributed by atoms with Gasteiger partial charge >= 0.3 is 6.16 Å². The van der Waals surface area contributed by atoms with Gasteiger partial charge in [-0.1, -0.05) is 32.3 Å². The van der Waals surface area contributed by atoms with Crippen LogP contribution in [0.2, 0.25) is 19.6 Å². The van der Waals surface area contributed by atoms with Crippen molar-refractivity contribution in [2.75, 3.05) is 6.61 Å². The Morgan fingerprint density at radius 3 is 2.38 bits per heavy atom. The Hall–Kier alpha value is -0.773. The first-order chi connectivity index (χ1) is 5.91.